The molecule has 0 atom stereocenters. The van der Waals surface area contributed by atoms with Gasteiger partial charge in [0, 0.05) is 17.2 Å². The number of hydrogen-bond acceptors (Lipinski definition) is 7. The molecule has 9 heteroatoms. The number of ether oxygens (including phenoxy) is 2. The summed E-state index contributed by atoms with van der Waals surface area (Å²) in [5.74, 6) is 1.70. The van der Waals surface area contributed by atoms with Crippen LogP contribution in [0.5, 0.6) is 17.2 Å². The summed E-state index contributed by atoms with van der Waals surface area (Å²) in [6.07, 6.45) is 1.66. The van der Waals surface area contributed by atoms with E-state index >= 15 is 0 Å². The number of rotatable bonds is 6. The summed E-state index contributed by atoms with van der Waals surface area (Å²) in [6, 6.07) is 16.1. The monoisotopic (exact) mass is 470 g/mol. The lowest BCUT2D eigenvalue weighted by Crippen LogP contribution is -2.01. The highest BCUT2D eigenvalue weighted by atomic mass is 16.5. The van der Waals surface area contributed by atoms with E-state index in [1.165, 1.54) is 6.07 Å². The van der Waals surface area contributed by atoms with Gasteiger partial charge in [0.25, 0.3) is 0 Å². The summed E-state index contributed by atoms with van der Waals surface area (Å²) in [5.41, 5.74) is 3.31. The van der Waals surface area contributed by atoms with Crippen molar-refractivity contribution in [2.75, 3.05) is 14.2 Å². The van der Waals surface area contributed by atoms with Crippen LogP contribution in [0.1, 0.15) is 5.76 Å². The van der Waals surface area contributed by atoms with E-state index in [1.54, 1.807) is 27.3 Å². The molecular formula is C26H22N4O5. The molecule has 0 unspecified atom stereocenters. The van der Waals surface area contributed by atoms with E-state index in [1.807, 2.05) is 48.5 Å². The van der Waals surface area contributed by atoms with Gasteiger partial charge in [0.05, 0.1) is 31.7 Å². The maximum absolute atomic E-state index is 12.3. The normalized spacial score (nSPS) is 10.9. The number of aromatic nitrogens is 4. The third-order valence-electron chi connectivity index (χ3n) is 5.59. The average molecular weight is 470 g/mol. The molecule has 0 spiro atoms. The minimum atomic E-state index is -0.543. The summed E-state index contributed by atoms with van der Waals surface area (Å²) in [6.45, 7) is 1.64. The van der Waals surface area contributed by atoms with E-state index in [4.69, 9.17) is 18.9 Å². The van der Waals surface area contributed by atoms with E-state index in [0.29, 0.717) is 39.8 Å². The zero-order chi connectivity index (χ0) is 24.5. The van der Waals surface area contributed by atoms with Gasteiger partial charge in [0.2, 0.25) is 11.2 Å². The van der Waals surface area contributed by atoms with Crippen molar-refractivity contribution >= 4 is 0 Å². The second kappa shape index (κ2) is 8.86. The van der Waals surface area contributed by atoms with Crippen molar-refractivity contribution in [3.05, 3.63) is 76.8 Å². The highest BCUT2D eigenvalue weighted by molar-refractivity contribution is 5.84. The number of aryl methyl sites for hydroxylation is 1. The Hall–Kier alpha value is -4.79. The second-order valence-corrected chi connectivity index (χ2v) is 7.83. The molecule has 0 amide bonds. The van der Waals surface area contributed by atoms with Gasteiger partial charge in [0.1, 0.15) is 34.5 Å². The Morgan fingerprint density at radius 2 is 1.71 bits per heavy atom. The molecule has 176 valence electrons. The number of aromatic amines is 2. The quantitative estimate of drug-likeness (QED) is 0.326. The molecule has 5 aromatic rings. The maximum Gasteiger partial charge on any atom is 0.227 e. The van der Waals surface area contributed by atoms with Crippen molar-refractivity contribution in [1.29, 1.82) is 0 Å². The molecule has 0 radical (unpaired) electrons. The zero-order valence-corrected chi connectivity index (χ0v) is 19.2. The first kappa shape index (κ1) is 22.0. The number of nitrogens with zero attached hydrogens (tertiary/aromatic N) is 2. The lowest BCUT2D eigenvalue weighted by Gasteiger charge is -2.06. The standard InChI is InChI=1S/C26H22N4O5/c1-14-11-20(31)24(32)25(35-14)23-22(16-5-4-6-18(12-16)34-3)28-26(29-23)19-13-27-30-21(19)15-7-9-17(33-2)10-8-15/h4-13,32H,1-3H3,(H,27,30)(H,28,29). The predicted molar refractivity (Wildman–Crippen MR) is 131 cm³/mol. The van der Waals surface area contributed by atoms with Crippen LogP contribution in [0.25, 0.3) is 45.4 Å². The van der Waals surface area contributed by atoms with Gasteiger partial charge in [-0.3, -0.25) is 9.89 Å². The van der Waals surface area contributed by atoms with Gasteiger partial charge in [-0.25, -0.2) is 4.98 Å². The first-order chi connectivity index (χ1) is 17.0. The van der Waals surface area contributed by atoms with Gasteiger partial charge in [-0.2, -0.15) is 5.10 Å². The molecule has 0 saturated carbocycles. The number of nitrogens with one attached hydrogen (secondary N) is 2. The zero-order valence-electron chi connectivity index (χ0n) is 19.2. The van der Waals surface area contributed by atoms with E-state index in [2.05, 4.69) is 15.2 Å². The number of imidazole rings is 1. The number of hydrogen-bond donors (Lipinski definition) is 3. The van der Waals surface area contributed by atoms with Crippen molar-refractivity contribution in [1.82, 2.24) is 20.2 Å². The Bertz CT molecular complexity index is 1560. The first-order valence-electron chi connectivity index (χ1n) is 10.7. The summed E-state index contributed by atoms with van der Waals surface area (Å²) in [5, 5.41) is 17.8. The van der Waals surface area contributed by atoms with Gasteiger partial charge in [-0.15, -0.1) is 0 Å². The third-order valence-corrected chi connectivity index (χ3v) is 5.59. The largest absolute Gasteiger partial charge is 0.501 e. The Morgan fingerprint density at radius 3 is 2.46 bits per heavy atom. The van der Waals surface area contributed by atoms with Crippen LogP contribution in [0.15, 0.2) is 70.0 Å². The van der Waals surface area contributed by atoms with Crippen LogP contribution in [-0.4, -0.2) is 39.5 Å². The topological polar surface area (TPSA) is 126 Å². The lowest BCUT2D eigenvalue weighted by molar-refractivity contribution is 0.415. The Labute approximate surface area is 200 Å². The van der Waals surface area contributed by atoms with Gasteiger partial charge in [0.15, 0.2) is 5.76 Å². The fourth-order valence-electron chi connectivity index (χ4n) is 3.86. The third kappa shape index (κ3) is 4.04. The van der Waals surface area contributed by atoms with Crippen molar-refractivity contribution in [2.45, 2.75) is 6.92 Å². The minimum absolute atomic E-state index is 0.000984. The van der Waals surface area contributed by atoms with Gasteiger partial charge in [-0.05, 0) is 43.3 Å². The van der Waals surface area contributed by atoms with Crippen LogP contribution in [-0.2, 0) is 0 Å². The number of methoxy groups -OCH3 is 2. The molecule has 0 aliphatic rings. The first-order valence-corrected chi connectivity index (χ1v) is 10.7. The molecule has 0 fully saturated rings. The molecule has 9 nitrogen and oxygen atoms in total. The van der Waals surface area contributed by atoms with Crippen molar-refractivity contribution < 1.29 is 19.0 Å². The number of H-pyrrole nitrogens is 2. The molecule has 0 aliphatic carbocycles. The summed E-state index contributed by atoms with van der Waals surface area (Å²) in [4.78, 5) is 20.4. The fourth-order valence-corrected chi connectivity index (χ4v) is 3.86. The SMILES string of the molecule is COc1ccc(-c2[nH]ncc2-c2nc(-c3cccc(OC)c3)c(-c3oc(C)cc(=O)c3O)[nH]2)cc1. The Morgan fingerprint density at radius 1 is 0.943 bits per heavy atom. The van der Waals surface area contributed by atoms with Gasteiger partial charge < -0.3 is 24.0 Å². The second-order valence-electron chi connectivity index (χ2n) is 7.83. The molecular weight excluding hydrogens is 448 g/mol. The molecule has 35 heavy (non-hydrogen) atoms. The van der Waals surface area contributed by atoms with E-state index < -0.39 is 11.2 Å². The van der Waals surface area contributed by atoms with Crippen molar-refractivity contribution in [3.8, 4) is 62.6 Å². The van der Waals surface area contributed by atoms with Crippen LogP contribution in [0.2, 0.25) is 0 Å². The molecule has 3 heterocycles. The molecule has 0 aliphatic heterocycles. The fraction of sp³-hybridized carbons (Fsp3) is 0.115. The maximum atomic E-state index is 12.3. The van der Waals surface area contributed by atoms with Crippen LogP contribution < -0.4 is 14.9 Å². The molecule has 3 aromatic heterocycles. The molecule has 5 rings (SSSR count). The molecule has 2 aromatic carbocycles. The van der Waals surface area contributed by atoms with Gasteiger partial charge >= 0.3 is 0 Å². The van der Waals surface area contributed by atoms with Crippen LogP contribution in [0.3, 0.4) is 0 Å². The van der Waals surface area contributed by atoms with Crippen molar-refractivity contribution in [3.63, 3.8) is 0 Å². The predicted octanol–water partition coefficient (Wildman–Crippen LogP) is 4.79. The minimum Gasteiger partial charge on any atom is -0.501 e. The van der Waals surface area contributed by atoms with Crippen LogP contribution in [0, 0.1) is 6.92 Å². The Kier molecular flexibility index (Phi) is 5.58. The Balaban J connectivity index is 1.72. The summed E-state index contributed by atoms with van der Waals surface area (Å²) < 4.78 is 16.4. The summed E-state index contributed by atoms with van der Waals surface area (Å²) >= 11 is 0. The van der Waals surface area contributed by atoms with E-state index in [9.17, 15) is 9.90 Å². The van der Waals surface area contributed by atoms with E-state index in [-0.39, 0.29) is 5.76 Å². The number of benzene rings is 2. The van der Waals surface area contributed by atoms with Crippen LogP contribution in [0.4, 0.5) is 0 Å². The van der Waals surface area contributed by atoms with Gasteiger partial charge in [-0.1, -0.05) is 12.1 Å². The average Bonchev–Trinajstić information content (AvgIpc) is 3.54. The van der Waals surface area contributed by atoms with E-state index in [0.717, 1.165) is 17.0 Å². The molecule has 0 bridgehead atoms. The highest BCUT2D eigenvalue weighted by Crippen LogP contribution is 2.39. The number of aromatic hydroxyl groups is 1. The van der Waals surface area contributed by atoms with Crippen molar-refractivity contribution in [2.24, 2.45) is 0 Å². The highest BCUT2D eigenvalue weighted by Gasteiger charge is 2.24. The lowest BCUT2D eigenvalue weighted by atomic mass is 10.1. The van der Waals surface area contributed by atoms with Crippen LogP contribution >= 0.6 is 0 Å². The summed E-state index contributed by atoms with van der Waals surface area (Å²) in [7, 11) is 3.19. The molecule has 3 N–H and O–H groups in total. The smallest absolute Gasteiger partial charge is 0.227 e. The molecule has 0 saturated heterocycles.